The van der Waals surface area contributed by atoms with Crippen LogP contribution in [0.15, 0.2) is 11.1 Å². The number of carbonyl (C=O) groups is 1. The fourth-order valence-corrected chi connectivity index (χ4v) is 1.80. The Kier molecular flexibility index (Phi) is 3.47. The van der Waals surface area contributed by atoms with Crippen LogP contribution in [0.2, 0.25) is 0 Å². The van der Waals surface area contributed by atoms with E-state index in [-0.39, 0.29) is 17.6 Å². The van der Waals surface area contributed by atoms with E-state index in [1.807, 2.05) is 0 Å². The first-order valence-corrected chi connectivity index (χ1v) is 5.53. The Balaban J connectivity index is 1.91. The lowest BCUT2D eigenvalue weighted by Crippen LogP contribution is -2.26. The zero-order chi connectivity index (χ0) is 13.1. The number of aromatic amines is 1. The normalized spacial score (nSPS) is 22.9. The summed E-state index contributed by atoms with van der Waals surface area (Å²) in [5.74, 6) is -0.674. The van der Waals surface area contributed by atoms with E-state index >= 15 is 0 Å². The quantitative estimate of drug-likeness (QED) is 0.564. The minimum atomic E-state index is -0.953. The van der Waals surface area contributed by atoms with E-state index in [9.17, 15) is 9.59 Å². The molecule has 1 fully saturated rings. The first kappa shape index (κ1) is 12.4. The molecule has 0 aliphatic carbocycles. The van der Waals surface area contributed by atoms with Gasteiger partial charge in [0.2, 0.25) is 0 Å². The monoisotopic (exact) mass is 254 g/mol. The van der Waals surface area contributed by atoms with E-state index in [4.69, 9.17) is 15.6 Å². The number of aromatic nitrogens is 2. The Hall–Kier alpha value is -2.09. The van der Waals surface area contributed by atoms with Gasteiger partial charge in [0.25, 0.3) is 5.56 Å². The lowest BCUT2D eigenvalue weighted by Gasteiger charge is -2.13. The highest BCUT2D eigenvalue weighted by molar-refractivity contribution is 5.72. The summed E-state index contributed by atoms with van der Waals surface area (Å²) in [6.45, 7) is 0.366. The first-order valence-electron chi connectivity index (χ1n) is 5.53. The van der Waals surface area contributed by atoms with E-state index in [2.05, 4.69) is 15.3 Å². The predicted molar refractivity (Wildman–Crippen MR) is 63.3 cm³/mol. The van der Waals surface area contributed by atoms with E-state index in [1.165, 1.54) is 6.33 Å². The number of carboxylic acid groups (broad SMARTS) is 1. The van der Waals surface area contributed by atoms with Crippen LogP contribution in [0.4, 0.5) is 11.5 Å². The molecule has 2 unspecified atom stereocenters. The van der Waals surface area contributed by atoms with Crippen molar-refractivity contribution in [2.45, 2.75) is 25.0 Å². The molecular formula is C10H14N4O4. The molecule has 0 spiro atoms. The van der Waals surface area contributed by atoms with Gasteiger partial charge in [-0.05, 0) is 12.8 Å². The topological polar surface area (TPSA) is 130 Å². The molecule has 2 rings (SSSR count). The van der Waals surface area contributed by atoms with Crippen molar-refractivity contribution in [3.05, 3.63) is 16.7 Å². The maximum atomic E-state index is 11.2. The Morgan fingerprint density at radius 1 is 1.67 bits per heavy atom. The Bertz CT molecular complexity index is 501. The number of hydrogen-bond acceptors (Lipinski definition) is 6. The highest BCUT2D eigenvalue weighted by Crippen LogP contribution is 2.20. The summed E-state index contributed by atoms with van der Waals surface area (Å²) in [6, 6.07) is 0. The van der Waals surface area contributed by atoms with Crippen LogP contribution in [0.3, 0.4) is 0 Å². The predicted octanol–water partition coefficient (Wildman–Crippen LogP) is -0.604. The number of carboxylic acids is 1. The molecule has 98 valence electrons. The van der Waals surface area contributed by atoms with Crippen molar-refractivity contribution in [2.24, 2.45) is 0 Å². The summed E-state index contributed by atoms with van der Waals surface area (Å²) in [7, 11) is 0. The minimum Gasteiger partial charge on any atom is -0.479 e. The van der Waals surface area contributed by atoms with E-state index < -0.39 is 17.6 Å². The van der Waals surface area contributed by atoms with Gasteiger partial charge in [-0.3, -0.25) is 4.79 Å². The third kappa shape index (κ3) is 2.59. The number of anilines is 2. The van der Waals surface area contributed by atoms with Gasteiger partial charge in [0.1, 0.15) is 5.69 Å². The van der Waals surface area contributed by atoms with Gasteiger partial charge in [-0.2, -0.15) is 0 Å². The van der Waals surface area contributed by atoms with Crippen LogP contribution < -0.4 is 16.6 Å². The summed E-state index contributed by atoms with van der Waals surface area (Å²) in [5, 5.41) is 11.7. The van der Waals surface area contributed by atoms with Crippen molar-refractivity contribution in [3.63, 3.8) is 0 Å². The number of nitrogens with two attached hydrogens (primary N) is 1. The van der Waals surface area contributed by atoms with Crippen LogP contribution in [0.1, 0.15) is 12.8 Å². The number of nitrogens with one attached hydrogen (secondary N) is 2. The average Bonchev–Trinajstić information content (AvgIpc) is 2.80. The summed E-state index contributed by atoms with van der Waals surface area (Å²) < 4.78 is 5.30. The molecule has 18 heavy (non-hydrogen) atoms. The molecule has 8 nitrogen and oxygen atoms in total. The lowest BCUT2D eigenvalue weighted by atomic mass is 10.2. The molecule has 2 heterocycles. The standard InChI is InChI=1S/C10H14N4O4/c11-7-8(13-4-14-9(7)15)12-3-5-1-2-6(18-5)10(16)17/h4-6H,1-3,11H2,(H,16,17)(H2,12,13,14,15). The van der Waals surface area contributed by atoms with Gasteiger partial charge in [-0.15, -0.1) is 0 Å². The van der Waals surface area contributed by atoms with Gasteiger partial charge in [0.05, 0.1) is 12.4 Å². The van der Waals surface area contributed by atoms with Crippen LogP contribution in [0, 0.1) is 0 Å². The molecule has 2 atom stereocenters. The number of hydrogen-bond donors (Lipinski definition) is 4. The summed E-state index contributed by atoms with van der Waals surface area (Å²) in [4.78, 5) is 28.1. The van der Waals surface area contributed by atoms with Crippen LogP contribution in [-0.2, 0) is 9.53 Å². The third-order valence-electron chi connectivity index (χ3n) is 2.77. The molecule has 0 bridgehead atoms. The molecule has 1 aromatic rings. The van der Waals surface area contributed by atoms with Crippen molar-refractivity contribution in [1.29, 1.82) is 0 Å². The maximum Gasteiger partial charge on any atom is 0.332 e. The second kappa shape index (κ2) is 5.05. The zero-order valence-electron chi connectivity index (χ0n) is 9.55. The van der Waals surface area contributed by atoms with Crippen LogP contribution >= 0.6 is 0 Å². The van der Waals surface area contributed by atoms with Crippen molar-refractivity contribution < 1.29 is 14.6 Å². The van der Waals surface area contributed by atoms with Crippen molar-refractivity contribution in [2.75, 3.05) is 17.6 Å². The molecule has 0 amide bonds. The van der Waals surface area contributed by atoms with Gasteiger partial charge in [0.15, 0.2) is 11.9 Å². The molecule has 1 saturated heterocycles. The molecule has 1 aromatic heterocycles. The van der Waals surface area contributed by atoms with Crippen molar-refractivity contribution in [1.82, 2.24) is 9.97 Å². The molecule has 5 N–H and O–H groups in total. The minimum absolute atomic E-state index is 0.00489. The van der Waals surface area contributed by atoms with Crippen molar-refractivity contribution >= 4 is 17.5 Å². The Morgan fingerprint density at radius 2 is 2.44 bits per heavy atom. The Labute approximate surface area is 102 Å². The summed E-state index contributed by atoms with van der Waals surface area (Å²) >= 11 is 0. The molecule has 0 radical (unpaired) electrons. The third-order valence-corrected chi connectivity index (χ3v) is 2.77. The number of rotatable bonds is 4. The van der Waals surface area contributed by atoms with Gasteiger partial charge in [0, 0.05) is 6.54 Å². The molecule has 8 heteroatoms. The summed E-state index contributed by atoms with van der Waals surface area (Å²) in [5.41, 5.74) is 5.13. The van der Waals surface area contributed by atoms with Gasteiger partial charge in [-0.1, -0.05) is 0 Å². The van der Waals surface area contributed by atoms with Crippen LogP contribution in [0.25, 0.3) is 0 Å². The number of ether oxygens (including phenoxy) is 1. The van der Waals surface area contributed by atoms with Crippen LogP contribution in [0.5, 0.6) is 0 Å². The van der Waals surface area contributed by atoms with E-state index in [0.717, 1.165) is 0 Å². The largest absolute Gasteiger partial charge is 0.479 e. The number of nitrogens with zero attached hydrogens (tertiary/aromatic N) is 1. The lowest BCUT2D eigenvalue weighted by molar-refractivity contribution is -0.149. The number of aliphatic carboxylic acids is 1. The highest BCUT2D eigenvalue weighted by atomic mass is 16.5. The molecule has 0 aromatic carbocycles. The van der Waals surface area contributed by atoms with E-state index in [0.29, 0.717) is 19.4 Å². The number of nitrogen functional groups attached to an aromatic ring is 1. The molecule has 0 saturated carbocycles. The fourth-order valence-electron chi connectivity index (χ4n) is 1.80. The number of H-pyrrole nitrogens is 1. The van der Waals surface area contributed by atoms with Gasteiger partial charge >= 0.3 is 5.97 Å². The molecular weight excluding hydrogens is 240 g/mol. The van der Waals surface area contributed by atoms with E-state index in [1.54, 1.807) is 0 Å². The maximum absolute atomic E-state index is 11.2. The molecule has 1 aliphatic rings. The second-order valence-corrected chi connectivity index (χ2v) is 4.04. The zero-order valence-corrected chi connectivity index (χ0v) is 9.55. The summed E-state index contributed by atoms with van der Waals surface area (Å²) in [6.07, 6.45) is 1.41. The molecule has 1 aliphatic heterocycles. The van der Waals surface area contributed by atoms with Gasteiger partial charge in [-0.25, -0.2) is 9.78 Å². The van der Waals surface area contributed by atoms with Crippen LogP contribution in [-0.4, -0.2) is 39.8 Å². The van der Waals surface area contributed by atoms with Crippen molar-refractivity contribution in [3.8, 4) is 0 Å². The SMILES string of the molecule is Nc1c(NCC2CCC(C(=O)O)O2)nc[nH]c1=O. The first-order chi connectivity index (χ1) is 8.58. The fraction of sp³-hybridized carbons (Fsp3) is 0.500. The Morgan fingerprint density at radius 3 is 3.11 bits per heavy atom. The highest BCUT2D eigenvalue weighted by Gasteiger charge is 2.30. The smallest absolute Gasteiger partial charge is 0.332 e. The average molecular weight is 254 g/mol. The second-order valence-electron chi connectivity index (χ2n) is 4.04. The van der Waals surface area contributed by atoms with Gasteiger partial charge < -0.3 is 25.9 Å².